The fourth-order valence-corrected chi connectivity index (χ4v) is 9.41. The molecule has 8 unspecified atom stereocenters. The summed E-state index contributed by atoms with van der Waals surface area (Å²) in [6.07, 6.45) is 63.0. The van der Waals surface area contributed by atoms with E-state index in [1.165, 1.54) is 96.3 Å². The van der Waals surface area contributed by atoms with Crippen LogP contribution in [0.1, 0.15) is 258 Å². The Labute approximate surface area is 482 Å². The van der Waals surface area contributed by atoms with E-state index in [0.717, 1.165) is 116 Å². The molecule has 0 saturated carbocycles. The second-order valence-corrected chi connectivity index (χ2v) is 21.8. The number of unbranched alkanes of at least 4 members (excludes halogenated alkanes) is 25. The Morgan fingerprint density at radius 2 is 0.911 bits per heavy atom. The molecular formula is C68H117NO10. The SMILES string of the molecule is CC/C=C/C/C=C/C/C=C/CCCCCC(O)C(=O)NC(COC1OC(CO)C(O)C(O)C1OC(=O)CCCCCCCCCCC/C=C\C/C=C\C/C=C\C/C=C\CCCCC)C(O)/C=C/CCCCCCCCCCCC. The zero-order chi connectivity index (χ0) is 57.5. The first kappa shape index (κ1) is 73.6. The summed E-state index contributed by atoms with van der Waals surface area (Å²) in [7, 11) is 0. The van der Waals surface area contributed by atoms with Crippen LogP contribution in [-0.2, 0) is 23.8 Å². The highest BCUT2D eigenvalue weighted by Crippen LogP contribution is 2.26. The largest absolute Gasteiger partial charge is 0.454 e. The van der Waals surface area contributed by atoms with E-state index < -0.39 is 67.4 Å². The first-order chi connectivity index (χ1) is 38.7. The van der Waals surface area contributed by atoms with Crippen LogP contribution in [-0.4, -0.2) is 99.6 Å². The fourth-order valence-electron chi connectivity index (χ4n) is 9.41. The second kappa shape index (κ2) is 55.1. The molecule has 0 spiro atoms. The van der Waals surface area contributed by atoms with Gasteiger partial charge >= 0.3 is 5.97 Å². The van der Waals surface area contributed by atoms with Gasteiger partial charge in [-0.1, -0.05) is 246 Å². The molecule has 6 N–H and O–H groups in total. The highest BCUT2D eigenvalue weighted by molar-refractivity contribution is 5.80. The normalized spacial score (nSPS) is 19.5. The molecular weight excluding hydrogens is 991 g/mol. The maximum absolute atomic E-state index is 13.4. The predicted octanol–water partition coefficient (Wildman–Crippen LogP) is 15.5. The number of carbonyl (C=O) groups is 2. The van der Waals surface area contributed by atoms with E-state index in [-0.39, 0.29) is 19.4 Å². The van der Waals surface area contributed by atoms with Gasteiger partial charge in [-0.25, -0.2) is 0 Å². The summed E-state index contributed by atoms with van der Waals surface area (Å²) in [6.45, 7) is 5.62. The fraction of sp³-hybridized carbons (Fsp3) is 0.735. The van der Waals surface area contributed by atoms with Crippen molar-refractivity contribution in [1.82, 2.24) is 5.32 Å². The zero-order valence-electron chi connectivity index (χ0n) is 50.2. The van der Waals surface area contributed by atoms with Crippen LogP contribution in [0, 0.1) is 0 Å². The van der Waals surface area contributed by atoms with E-state index in [1.807, 2.05) is 6.08 Å². The van der Waals surface area contributed by atoms with E-state index in [4.69, 9.17) is 14.2 Å². The van der Waals surface area contributed by atoms with Crippen molar-refractivity contribution in [3.05, 3.63) is 97.2 Å². The molecule has 1 aliphatic heterocycles. The Morgan fingerprint density at radius 3 is 1.39 bits per heavy atom. The summed E-state index contributed by atoms with van der Waals surface area (Å²) in [5.74, 6) is -1.23. The average Bonchev–Trinajstić information content (AvgIpc) is 3.46. The van der Waals surface area contributed by atoms with Crippen LogP contribution in [0.25, 0.3) is 0 Å². The molecule has 1 amide bonds. The Bertz CT molecular complexity index is 1650. The van der Waals surface area contributed by atoms with Crippen molar-refractivity contribution in [3.63, 3.8) is 0 Å². The van der Waals surface area contributed by atoms with Gasteiger partial charge < -0.3 is 45.1 Å². The molecule has 1 saturated heterocycles. The summed E-state index contributed by atoms with van der Waals surface area (Å²) in [4.78, 5) is 26.5. The van der Waals surface area contributed by atoms with Crippen LogP contribution in [0.3, 0.4) is 0 Å². The molecule has 1 heterocycles. The number of esters is 1. The molecule has 0 aromatic carbocycles. The lowest BCUT2D eigenvalue weighted by Gasteiger charge is -2.41. The van der Waals surface area contributed by atoms with Crippen molar-refractivity contribution in [2.24, 2.45) is 0 Å². The number of carbonyl (C=O) groups excluding carboxylic acids is 2. The quantitative estimate of drug-likeness (QED) is 0.0195. The molecule has 1 aliphatic rings. The number of hydrogen-bond acceptors (Lipinski definition) is 10. The van der Waals surface area contributed by atoms with Gasteiger partial charge in [-0.3, -0.25) is 9.59 Å². The van der Waals surface area contributed by atoms with Crippen LogP contribution in [0.2, 0.25) is 0 Å². The highest BCUT2D eigenvalue weighted by Gasteiger charge is 2.47. The van der Waals surface area contributed by atoms with Crippen LogP contribution >= 0.6 is 0 Å². The number of amides is 1. The van der Waals surface area contributed by atoms with Crippen molar-refractivity contribution < 1.29 is 49.3 Å². The summed E-state index contributed by atoms with van der Waals surface area (Å²) in [6, 6.07) is -1.04. The summed E-state index contributed by atoms with van der Waals surface area (Å²) in [5.41, 5.74) is 0. The number of allylic oxidation sites excluding steroid dienone is 15. The zero-order valence-corrected chi connectivity index (χ0v) is 50.2. The minimum Gasteiger partial charge on any atom is -0.454 e. The van der Waals surface area contributed by atoms with Gasteiger partial charge in [0.1, 0.15) is 24.4 Å². The van der Waals surface area contributed by atoms with Gasteiger partial charge in [-0.2, -0.15) is 0 Å². The summed E-state index contributed by atoms with van der Waals surface area (Å²) in [5, 5.41) is 56.9. The van der Waals surface area contributed by atoms with E-state index >= 15 is 0 Å². The highest BCUT2D eigenvalue weighted by atomic mass is 16.7. The number of aliphatic hydroxyl groups excluding tert-OH is 5. The lowest BCUT2D eigenvalue weighted by atomic mass is 9.99. The molecule has 454 valence electrons. The van der Waals surface area contributed by atoms with Gasteiger partial charge in [0.15, 0.2) is 12.4 Å². The number of aliphatic hydroxyl groups is 5. The van der Waals surface area contributed by atoms with E-state index in [0.29, 0.717) is 12.8 Å². The van der Waals surface area contributed by atoms with Crippen molar-refractivity contribution in [2.75, 3.05) is 13.2 Å². The molecule has 0 radical (unpaired) electrons. The molecule has 11 heteroatoms. The number of ether oxygens (including phenoxy) is 3. The first-order valence-corrected chi connectivity index (χ1v) is 32.0. The standard InChI is InChI=1S/C68H117NO10/c1-4-7-10-13-16-19-22-25-26-27-28-29-30-31-32-33-34-35-36-38-41-44-47-50-53-56-63(73)79-66-65(75)64(74)62(57-70)78-68(66)77-58-59(60(71)54-51-48-45-42-39-24-21-18-15-12-9-6-3)69-67(76)61(72)55-52-49-46-43-40-37-23-20-17-14-11-8-5-2/h8,11,16-17,19-20,25-26,28-29,31-32,37,40,51,54,59-62,64-66,68,70-72,74-75H,4-7,9-10,12-15,18,21-24,27,30,33-36,38-39,41-50,52-53,55-58H2,1-3H3,(H,69,76)/b11-8+,19-16-,20-17+,26-25-,29-28-,32-31-,40-37+,54-51+. The minimum atomic E-state index is -1.63. The third-order valence-electron chi connectivity index (χ3n) is 14.5. The minimum absolute atomic E-state index is 0.109. The maximum Gasteiger partial charge on any atom is 0.306 e. The van der Waals surface area contributed by atoms with Crippen LogP contribution in [0.5, 0.6) is 0 Å². The Morgan fingerprint density at radius 1 is 0.506 bits per heavy atom. The average molecular weight is 1110 g/mol. The van der Waals surface area contributed by atoms with E-state index in [2.05, 4.69) is 111 Å². The lowest BCUT2D eigenvalue weighted by molar-refractivity contribution is -0.305. The number of nitrogens with one attached hydrogen (secondary N) is 1. The molecule has 0 aromatic rings. The van der Waals surface area contributed by atoms with Gasteiger partial charge in [0.25, 0.3) is 0 Å². The Hall–Kier alpha value is -3.42. The van der Waals surface area contributed by atoms with Gasteiger partial charge in [0.05, 0.1) is 25.4 Å². The van der Waals surface area contributed by atoms with Crippen LogP contribution in [0.15, 0.2) is 97.2 Å². The van der Waals surface area contributed by atoms with E-state index in [1.54, 1.807) is 6.08 Å². The maximum atomic E-state index is 13.4. The lowest BCUT2D eigenvalue weighted by Crippen LogP contribution is -2.61. The van der Waals surface area contributed by atoms with Gasteiger partial charge in [0, 0.05) is 6.42 Å². The molecule has 0 bridgehead atoms. The van der Waals surface area contributed by atoms with Crippen molar-refractivity contribution >= 4 is 11.9 Å². The summed E-state index contributed by atoms with van der Waals surface area (Å²) < 4.78 is 17.6. The number of hydrogen-bond donors (Lipinski definition) is 6. The van der Waals surface area contributed by atoms with Gasteiger partial charge in [-0.05, 0) is 103 Å². The van der Waals surface area contributed by atoms with Gasteiger partial charge in [0.2, 0.25) is 5.91 Å². The summed E-state index contributed by atoms with van der Waals surface area (Å²) >= 11 is 0. The Kier molecular flexibility index (Phi) is 51.4. The molecule has 1 rings (SSSR count). The topological polar surface area (TPSA) is 175 Å². The third kappa shape index (κ3) is 43.0. The molecule has 0 aromatic heterocycles. The first-order valence-electron chi connectivity index (χ1n) is 32.0. The monoisotopic (exact) mass is 1110 g/mol. The molecule has 8 atom stereocenters. The Balaban J connectivity index is 2.62. The number of rotatable bonds is 53. The third-order valence-corrected chi connectivity index (χ3v) is 14.5. The molecule has 11 nitrogen and oxygen atoms in total. The van der Waals surface area contributed by atoms with Crippen LogP contribution in [0.4, 0.5) is 0 Å². The van der Waals surface area contributed by atoms with Crippen molar-refractivity contribution in [2.45, 2.75) is 307 Å². The predicted molar refractivity (Wildman–Crippen MR) is 329 cm³/mol. The van der Waals surface area contributed by atoms with Crippen LogP contribution < -0.4 is 5.32 Å². The van der Waals surface area contributed by atoms with Crippen molar-refractivity contribution in [3.8, 4) is 0 Å². The van der Waals surface area contributed by atoms with Crippen molar-refractivity contribution in [1.29, 1.82) is 0 Å². The molecule has 1 fully saturated rings. The van der Waals surface area contributed by atoms with Gasteiger partial charge in [-0.15, -0.1) is 0 Å². The second-order valence-electron chi connectivity index (χ2n) is 21.8. The smallest absolute Gasteiger partial charge is 0.306 e. The molecule has 0 aliphatic carbocycles. The van der Waals surface area contributed by atoms with E-state index in [9.17, 15) is 35.1 Å². The molecule has 79 heavy (non-hydrogen) atoms.